The molecule has 0 aliphatic carbocycles. The molecule has 5 heteroatoms. The van der Waals surface area contributed by atoms with Crippen LogP contribution in [0.3, 0.4) is 0 Å². The Morgan fingerprint density at radius 1 is 1.04 bits per heavy atom. The summed E-state index contributed by atoms with van der Waals surface area (Å²) in [5.41, 5.74) is 3.65. The smallest absolute Gasteiger partial charge is 0.337 e. The predicted octanol–water partition coefficient (Wildman–Crippen LogP) is 2.90. The molecular weight excluding hydrogens is 304 g/mol. The van der Waals surface area contributed by atoms with Crippen molar-refractivity contribution in [1.29, 1.82) is 0 Å². The zero-order valence-electron chi connectivity index (χ0n) is 14.0. The second-order valence-electron chi connectivity index (χ2n) is 5.45. The zero-order valence-corrected chi connectivity index (χ0v) is 14.0. The van der Waals surface area contributed by atoms with Crippen LogP contribution in [0.1, 0.15) is 27.9 Å². The van der Waals surface area contributed by atoms with E-state index in [9.17, 15) is 9.59 Å². The van der Waals surface area contributed by atoms with Crippen molar-refractivity contribution in [2.75, 3.05) is 19.0 Å². The third kappa shape index (κ3) is 5.12. The van der Waals surface area contributed by atoms with E-state index in [0.717, 1.165) is 11.3 Å². The molecule has 0 aliphatic heterocycles. The van der Waals surface area contributed by atoms with Gasteiger partial charge >= 0.3 is 5.97 Å². The largest absolute Gasteiger partial charge is 0.465 e. The molecule has 5 nitrogen and oxygen atoms in total. The maximum atomic E-state index is 11.9. The highest BCUT2D eigenvalue weighted by molar-refractivity contribution is 5.89. The van der Waals surface area contributed by atoms with Gasteiger partial charge in [-0.1, -0.05) is 24.3 Å². The number of hydrogen-bond donors (Lipinski definition) is 2. The zero-order chi connectivity index (χ0) is 17.4. The summed E-state index contributed by atoms with van der Waals surface area (Å²) >= 11 is 0. The Morgan fingerprint density at radius 2 is 1.75 bits per heavy atom. The number of carbonyl (C=O) groups is 2. The average Bonchev–Trinajstić information content (AvgIpc) is 2.61. The van der Waals surface area contributed by atoms with Gasteiger partial charge in [-0.05, 0) is 42.3 Å². The van der Waals surface area contributed by atoms with Gasteiger partial charge in [0.25, 0.3) is 0 Å². The maximum absolute atomic E-state index is 11.9. The molecule has 0 bridgehead atoms. The summed E-state index contributed by atoms with van der Waals surface area (Å²) < 4.78 is 4.65. The summed E-state index contributed by atoms with van der Waals surface area (Å²) in [5, 5.41) is 6.07. The minimum absolute atomic E-state index is 0.00284. The van der Waals surface area contributed by atoms with Gasteiger partial charge in [0.2, 0.25) is 5.91 Å². The summed E-state index contributed by atoms with van der Waals surface area (Å²) in [6.07, 6.45) is 0.380. The van der Waals surface area contributed by atoms with E-state index in [2.05, 4.69) is 15.4 Å². The van der Waals surface area contributed by atoms with Crippen LogP contribution in [-0.2, 0) is 16.1 Å². The molecule has 0 aromatic heterocycles. The number of nitrogens with one attached hydrogen (secondary N) is 2. The number of methoxy groups -OCH3 is 1. The van der Waals surface area contributed by atoms with Crippen LogP contribution in [-0.4, -0.2) is 25.5 Å². The molecule has 1 amide bonds. The van der Waals surface area contributed by atoms with Crippen molar-refractivity contribution < 1.29 is 14.3 Å². The Labute approximate surface area is 142 Å². The molecule has 0 spiro atoms. The van der Waals surface area contributed by atoms with E-state index in [-0.39, 0.29) is 11.9 Å². The van der Waals surface area contributed by atoms with Gasteiger partial charge < -0.3 is 15.4 Å². The Kier molecular flexibility index (Phi) is 6.37. The summed E-state index contributed by atoms with van der Waals surface area (Å²) in [6, 6.07) is 14.9. The fraction of sp³-hybridized carbons (Fsp3) is 0.263. The lowest BCUT2D eigenvalue weighted by Crippen LogP contribution is -2.25. The van der Waals surface area contributed by atoms with Gasteiger partial charge in [-0.2, -0.15) is 0 Å². The molecular formula is C19H22N2O3. The van der Waals surface area contributed by atoms with Crippen LogP contribution >= 0.6 is 0 Å². The van der Waals surface area contributed by atoms with Gasteiger partial charge in [-0.15, -0.1) is 0 Å². The summed E-state index contributed by atoms with van der Waals surface area (Å²) in [4.78, 5) is 23.2. The van der Waals surface area contributed by atoms with Gasteiger partial charge in [0, 0.05) is 25.2 Å². The van der Waals surface area contributed by atoms with Crippen LogP contribution in [0.15, 0.2) is 48.5 Å². The van der Waals surface area contributed by atoms with E-state index in [1.807, 2.05) is 31.2 Å². The molecule has 0 heterocycles. The number of esters is 1. The lowest BCUT2D eigenvalue weighted by atomic mass is 10.1. The van der Waals surface area contributed by atoms with Crippen LogP contribution in [0, 0.1) is 6.92 Å². The summed E-state index contributed by atoms with van der Waals surface area (Å²) in [7, 11) is 1.35. The first-order valence-corrected chi connectivity index (χ1v) is 7.83. The molecule has 2 N–H and O–H groups in total. The van der Waals surface area contributed by atoms with E-state index in [1.165, 1.54) is 12.7 Å². The quantitative estimate of drug-likeness (QED) is 0.768. The number of rotatable bonds is 7. The molecule has 0 aliphatic rings. The standard InChI is InChI=1S/C19H22N2O3/c1-14-5-3-4-6-16(14)13-21-18(22)11-12-20-17-9-7-15(8-10-17)19(23)24-2/h3-10,20H,11-13H2,1-2H3,(H,21,22). The van der Waals surface area contributed by atoms with Crippen molar-refractivity contribution in [3.63, 3.8) is 0 Å². The number of aryl methyl sites for hydroxylation is 1. The molecule has 0 fully saturated rings. The molecule has 126 valence electrons. The number of hydrogen-bond acceptors (Lipinski definition) is 4. The molecule has 2 aromatic carbocycles. The van der Waals surface area contributed by atoms with Crippen molar-refractivity contribution in [3.8, 4) is 0 Å². The minimum Gasteiger partial charge on any atom is -0.465 e. The number of ether oxygens (including phenoxy) is 1. The van der Waals surface area contributed by atoms with E-state index >= 15 is 0 Å². The van der Waals surface area contributed by atoms with Crippen LogP contribution < -0.4 is 10.6 Å². The van der Waals surface area contributed by atoms with Crippen LogP contribution in [0.25, 0.3) is 0 Å². The molecule has 0 saturated carbocycles. The Hall–Kier alpha value is -2.82. The Balaban J connectivity index is 1.72. The van der Waals surface area contributed by atoms with E-state index in [0.29, 0.717) is 25.1 Å². The fourth-order valence-electron chi connectivity index (χ4n) is 2.25. The predicted molar refractivity (Wildman–Crippen MR) is 93.9 cm³/mol. The maximum Gasteiger partial charge on any atom is 0.337 e. The van der Waals surface area contributed by atoms with Gasteiger partial charge in [-0.3, -0.25) is 4.79 Å². The molecule has 2 rings (SSSR count). The Bertz CT molecular complexity index is 696. The molecule has 2 aromatic rings. The van der Waals surface area contributed by atoms with Crippen molar-refractivity contribution in [2.24, 2.45) is 0 Å². The SMILES string of the molecule is COC(=O)c1ccc(NCCC(=O)NCc2ccccc2C)cc1. The van der Waals surface area contributed by atoms with Gasteiger partial charge in [0.15, 0.2) is 0 Å². The van der Waals surface area contributed by atoms with Gasteiger partial charge in [0.05, 0.1) is 12.7 Å². The van der Waals surface area contributed by atoms with Gasteiger partial charge in [-0.25, -0.2) is 4.79 Å². The summed E-state index contributed by atoms with van der Waals surface area (Å²) in [6.45, 7) is 3.09. The average molecular weight is 326 g/mol. The second-order valence-corrected chi connectivity index (χ2v) is 5.45. The molecule has 0 radical (unpaired) electrons. The third-order valence-electron chi connectivity index (χ3n) is 3.72. The number of carbonyl (C=O) groups excluding carboxylic acids is 2. The van der Waals surface area contributed by atoms with Gasteiger partial charge in [0.1, 0.15) is 0 Å². The normalized spacial score (nSPS) is 10.1. The van der Waals surface area contributed by atoms with E-state index < -0.39 is 0 Å². The first-order valence-electron chi connectivity index (χ1n) is 7.83. The highest BCUT2D eigenvalue weighted by Gasteiger charge is 2.05. The highest BCUT2D eigenvalue weighted by atomic mass is 16.5. The lowest BCUT2D eigenvalue weighted by molar-refractivity contribution is -0.121. The first-order chi connectivity index (χ1) is 11.6. The molecule has 0 unspecified atom stereocenters. The van der Waals surface area contributed by atoms with Crippen LogP contribution in [0.5, 0.6) is 0 Å². The minimum atomic E-state index is -0.364. The van der Waals surface area contributed by atoms with E-state index in [4.69, 9.17) is 0 Å². The number of benzene rings is 2. The number of amides is 1. The van der Waals surface area contributed by atoms with Crippen molar-refractivity contribution in [3.05, 3.63) is 65.2 Å². The van der Waals surface area contributed by atoms with Crippen LogP contribution in [0.4, 0.5) is 5.69 Å². The fourth-order valence-corrected chi connectivity index (χ4v) is 2.25. The third-order valence-corrected chi connectivity index (χ3v) is 3.72. The summed E-state index contributed by atoms with van der Waals surface area (Å²) in [5.74, 6) is -0.367. The van der Waals surface area contributed by atoms with Crippen molar-refractivity contribution >= 4 is 17.6 Å². The first kappa shape index (κ1) is 17.5. The van der Waals surface area contributed by atoms with Crippen molar-refractivity contribution in [1.82, 2.24) is 5.32 Å². The van der Waals surface area contributed by atoms with Crippen LogP contribution in [0.2, 0.25) is 0 Å². The second kappa shape index (κ2) is 8.72. The van der Waals surface area contributed by atoms with Crippen molar-refractivity contribution in [2.45, 2.75) is 19.9 Å². The lowest BCUT2D eigenvalue weighted by Gasteiger charge is -2.09. The van der Waals surface area contributed by atoms with E-state index in [1.54, 1.807) is 24.3 Å². The monoisotopic (exact) mass is 326 g/mol. The highest BCUT2D eigenvalue weighted by Crippen LogP contribution is 2.10. The molecule has 0 atom stereocenters. The number of anilines is 1. The molecule has 24 heavy (non-hydrogen) atoms. The Morgan fingerprint density at radius 3 is 2.42 bits per heavy atom. The topological polar surface area (TPSA) is 67.4 Å². The molecule has 0 saturated heterocycles.